The first-order valence-electron chi connectivity index (χ1n) is 11.5. The fourth-order valence-corrected chi connectivity index (χ4v) is 5.09. The number of aromatic nitrogens is 2. The number of amides is 3. The van der Waals surface area contributed by atoms with E-state index in [-0.39, 0.29) is 29.5 Å². The first-order valence-corrected chi connectivity index (χ1v) is 12.9. The third-order valence-corrected chi connectivity index (χ3v) is 7.11. The van der Waals surface area contributed by atoms with E-state index in [4.69, 9.17) is 11.6 Å². The zero-order valence-electron chi connectivity index (χ0n) is 19.6. The third kappa shape index (κ3) is 6.96. The van der Waals surface area contributed by atoms with Crippen LogP contribution in [0.3, 0.4) is 0 Å². The molecule has 3 heterocycles. The van der Waals surface area contributed by atoms with Gasteiger partial charge in [0.1, 0.15) is 11.0 Å². The quantitative estimate of drug-likeness (QED) is 0.324. The fourth-order valence-electron chi connectivity index (χ4n) is 4.11. The van der Waals surface area contributed by atoms with Crippen LogP contribution in [0, 0.1) is 0 Å². The Hall–Kier alpha value is -2.07. The molecule has 11 heteroatoms. The summed E-state index contributed by atoms with van der Waals surface area (Å²) in [6.07, 6.45) is 2.52. The van der Waals surface area contributed by atoms with Crippen LogP contribution < -0.4 is 4.90 Å². The third-order valence-electron chi connectivity index (χ3n) is 6.08. The van der Waals surface area contributed by atoms with Gasteiger partial charge in [-0.05, 0) is 13.3 Å². The fraction of sp³-hybridized carbons (Fsp3) is 0.682. The van der Waals surface area contributed by atoms with Gasteiger partial charge in [0.25, 0.3) is 0 Å². The lowest BCUT2D eigenvalue weighted by molar-refractivity contribution is -0.136. The van der Waals surface area contributed by atoms with Crippen molar-refractivity contribution < 1.29 is 14.4 Å². The van der Waals surface area contributed by atoms with Crippen LogP contribution in [0.2, 0.25) is 5.15 Å². The summed E-state index contributed by atoms with van der Waals surface area (Å²) in [5, 5.41) is 0.793. The highest BCUT2D eigenvalue weighted by Crippen LogP contribution is 2.24. The number of anilines is 1. The summed E-state index contributed by atoms with van der Waals surface area (Å²) in [5.74, 6) is 1.18. The van der Waals surface area contributed by atoms with Crippen LogP contribution in [-0.2, 0) is 14.4 Å². The van der Waals surface area contributed by atoms with Crippen LogP contribution in [0.25, 0.3) is 0 Å². The van der Waals surface area contributed by atoms with Gasteiger partial charge >= 0.3 is 0 Å². The molecule has 2 fully saturated rings. The second kappa shape index (κ2) is 11.9. The second-order valence-corrected chi connectivity index (χ2v) is 9.82. The van der Waals surface area contributed by atoms with Crippen molar-refractivity contribution in [1.29, 1.82) is 0 Å². The molecule has 3 amide bonds. The van der Waals surface area contributed by atoms with Crippen molar-refractivity contribution in [2.75, 3.05) is 56.5 Å². The molecule has 1 atom stereocenters. The van der Waals surface area contributed by atoms with Crippen molar-refractivity contribution >= 4 is 46.9 Å². The normalized spacial score (nSPS) is 19.1. The minimum Gasteiger partial charge on any atom is -0.353 e. The molecule has 0 saturated carbocycles. The average Bonchev–Trinajstić information content (AvgIpc) is 2.80. The zero-order chi connectivity index (χ0) is 24.0. The number of hydrogen-bond donors (Lipinski definition) is 0. The number of carbonyl (C=O) groups is 3. The summed E-state index contributed by atoms with van der Waals surface area (Å²) in [5.41, 5.74) is 0. The van der Waals surface area contributed by atoms with Crippen LogP contribution in [-0.4, -0.2) is 100.0 Å². The predicted molar refractivity (Wildman–Crippen MR) is 130 cm³/mol. The topological polar surface area (TPSA) is 90.0 Å². The lowest BCUT2D eigenvalue weighted by Crippen LogP contribution is -2.54. The van der Waals surface area contributed by atoms with E-state index in [1.54, 1.807) is 22.8 Å². The summed E-state index contributed by atoms with van der Waals surface area (Å²) in [6.45, 7) is 9.91. The molecule has 0 N–H and O–H groups in total. The lowest BCUT2D eigenvalue weighted by Gasteiger charge is -2.40. The van der Waals surface area contributed by atoms with E-state index in [2.05, 4.69) is 28.7 Å². The van der Waals surface area contributed by atoms with Crippen molar-refractivity contribution in [2.24, 2.45) is 0 Å². The van der Waals surface area contributed by atoms with E-state index < -0.39 is 0 Å². The summed E-state index contributed by atoms with van der Waals surface area (Å²) in [6, 6.07) is 1.82. The van der Waals surface area contributed by atoms with Crippen molar-refractivity contribution in [3.8, 4) is 0 Å². The molecule has 0 radical (unpaired) electrons. The molecule has 1 unspecified atom stereocenters. The molecule has 3 rings (SSSR count). The van der Waals surface area contributed by atoms with Crippen molar-refractivity contribution in [3.05, 3.63) is 11.2 Å². The average molecular weight is 497 g/mol. The van der Waals surface area contributed by atoms with Crippen LogP contribution in [0.5, 0.6) is 0 Å². The maximum absolute atomic E-state index is 12.6. The molecule has 33 heavy (non-hydrogen) atoms. The van der Waals surface area contributed by atoms with Gasteiger partial charge in [-0.15, -0.1) is 0 Å². The standard InChI is InChI=1S/C22H33ClN6O3S/c1-4-5-6-20(31)29-12-11-28(14-16(29)2)19-13-18(23)24-22(25-19)33-15-21(32)27-9-7-26(8-10-27)17(3)30/h13,16H,4-12,14-15H2,1-3H3. The van der Waals surface area contributed by atoms with Crippen molar-refractivity contribution in [1.82, 2.24) is 24.7 Å². The molecule has 1 aromatic heterocycles. The Bertz CT molecular complexity index is 865. The predicted octanol–water partition coefficient (Wildman–Crippen LogP) is 2.14. The van der Waals surface area contributed by atoms with Gasteiger partial charge in [0.15, 0.2) is 5.16 Å². The minimum atomic E-state index is 0.00107. The Morgan fingerprint density at radius 3 is 2.39 bits per heavy atom. The van der Waals surface area contributed by atoms with Crippen molar-refractivity contribution in [2.45, 2.75) is 51.2 Å². The molecule has 0 bridgehead atoms. The Kier molecular flexibility index (Phi) is 9.19. The Morgan fingerprint density at radius 1 is 1.06 bits per heavy atom. The van der Waals surface area contributed by atoms with Gasteiger partial charge in [-0.2, -0.15) is 0 Å². The monoisotopic (exact) mass is 496 g/mol. The lowest BCUT2D eigenvalue weighted by atomic mass is 10.1. The number of thioether (sulfide) groups is 1. The van der Waals surface area contributed by atoms with Crippen LogP contribution in [0.1, 0.15) is 40.0 Å². The van der Waals surface area contributed by atoms with Gasteiger partial charge in [-0.3, -0.25) is 14.4 Å². The van der Waals surface area contributed by atoms with Crippen LogP contribution in [0.15, 0.2) is 11.2 Å². The first kappa shape index (κ1) is 25.6. The summed E-state index contributed by atoms with van der Waals surface area (Å²) < 4.78 is 0. The molecular weight excluding hydrogens is 464 g/mol. The van der Waals surface area contributed by atoms with Crippen molar-refractivity contribution in [3.63, 3.8) is 0 Å². The molecular formula is C22H33ClN6O3S. The SMILES string of the molecule is CCCCC(=O)N1CCN(c2cc(Cl)nc(SCC(=O)N3CCN(C(C)=O)CC3)n2)CC1C. The Balaban J connectivity index is 1.55. The molecule has 9 nitrogen and oxygen atoms in total. The molecule has 2 aliphatic rings. The van der Waals surface area contributed by atoms with Crippen LogP contribution in [0.4, 0.5) is 5.82 Å². The number of hydrogen-bond acceptors (Lipinski definition) is 7. The molecule has 2 saturated heterocycles. The van der Waals surface area contributed by atoms with Gasteiger partial charge < -0.3 is 19.6 Å². The second-order valence-electron chi connectivity index (χ2n) is 8.49. The molecule has 0 spiro atoms. The van der Waals surface area contributed by atoms with E-state index in [1.165, 1.54) is 11.8 Å². The highest BCUT2D eigenvalue weighted by Gasteiger charge is 2.28. The molecule has 2 aliphatic heterocycles. The first-order chi connectivity index (χ1) is 15.8. The highest BCUT2D eigenvalue weighted by atomic mass is 35.5. The maximum atomic E-state index is 12.6. The number of nitrogens with zero attached hydrogens (tertiary/aromatic N) is 6. The van der Waals surface area contributed by atoms with Gasteiger partial charge in [0.2, 0.25) is 17.7 Å². The van der Waals surface area contributed by atoms with E-state index in [0.29, 0.717) is 68.4 Å². The molecule has 0 aromatic carbocycles. The Morgan fingerprint density at radius 2 is 1.76 bits per heavy atom. The number of piperazine rings is 2. The highest BCUT2D eigenvalue weighted by molar-refractivity contribution is 7.99. The Labute approximate surface area is 204 Å². The van der Waals surface area contributed by atoms with Gasteiger partial charge in [-0.1, -0.05) is 36.7 Å². The largest absolute Gasteiger partial charge is 0.353 e. The number of halogens is 1. The minimum absolute atomic E-state index is 0.00107. The molecule has 0 aliphatic carbocycles. The van der Waals surface area contributed by atoms with E-state index >= 15 is 0 Å². The smallest absolute Gasteiger partial charge is 0.233 e. The van der Waals surface area contributed by atoms with Gasteiger partial charge in [-0.25, -0.2) is 9.97 Å². The van der Waals surface area contributed by atoms with E-state index in [1.807, 2.05) is 4.90 Å². The summed E-state index contributed by atoms with van der Waals surface area (Å²) in [4.78, 5) is 53.0. The number of rotatable bonds is 7. The van der Waals surface area contributed by atoms with E-state index in [0.717, 1.165) is 12.8 Å². The summed E-state index contributed by atoms with van der Waals surface area (Å²) >= 11 is 7.53. The molecule has 182 valence electrons. The zero-order valence-corrected chi connectivity index (χ0v) is 21.2. The number of carbonyl (C=O) groups excluding carboxylic acids is 3. The van der Waals surface area contributed by atoms with E-state index in [9.17, 15) is 14.4 Å². The van der Waals surface area contributed by atoms with Gasteiger partial charge in [0.05, 0.1) is 5.75 Å². The number of unbranched alkanes of at least 4 members (excludes halogenated alkanes) is 1. The maximum Gasteiger partial charge on any atom is 0.233 e. The van der Waals surface area contributed by atoms with Crippen LogP contribution >= 0.6 is 23.4 Å². The summed E-state index contributed by atoms with van der Waals surface area (Å²) in [7, 11) is 0. The molecule has 1 aromatic rings. The van der Waals surface area contributed by atoms with Gasteiger partial charge in [0, 0.05) is 71.3 Å².